The van der Waals surface area contributed by atoms with Crippen LogP contribution in [0.4, 0.5) is 0 Å². The molecule has 2 heteroatoms. The molecule has 0 saturated heterocycles. The highest BCUT2D eigenvalue weighted by atomic mass is 28.3. The molecule has 1 nitrogen and oxygen atoms in total. The Labute approximate surface area is 96.6 Å². The van der Waals surface area contributed by atoms with Gasteiger partial charge in [0.1, 0.15) is 0 Å². The molecule has 0 amide bonds. The smallest absolute Gasteiger partial charge is 0.229 e. The average Bonchev–Trinajstić information content (AvgIpc) is 2.40. The molecule has 15 heavy (non-hydrogen) atoms. The number of unbranched alkanes of at least 4 members (excludes halogenated alkanes) is 1. The van der Waals surface area contributed by atoms with Gasteiger partial charge in [0.05, 0.1) is 5.76 Å². The highest BCUT2D eigenvalue weighted by Gasteiger charge is 2.13. The normalized spacial score (nSPS) is 18.1. The van der Waals surface area contributed by atoms with Crippen LogP contribution in [0.25, 0.3) is 0 Å². The van der Waals surface area contributed by atoms with E-state index in [0.717, 1.165) is 0 Å². The fourth-order valence-electron chi connectivity index (χ4n) is 2.20. The van der Waals surface area contributed by atoms with Crippen molar-refractivity contribution in [1.82, 2.24) is 0 Å². The summed E-state index contributed by atoms with van der Waals surface area (Å²) in [5.41, 5.74) is 1.65. The van der Waals surface area contributed by atoms with Crippen LogP contribution in [0.1, 0.15) is 58.3 Å². The van der Waals surface area contributed by atoms with Crippen molar-refractivity contribution in [3.8, 4) is 0 Å². The summed E-state index contributed by atoms with van der Waals surface area (Å²) < 4.78 is 6.10. The second-order valence-electron chi connectivity index (χ2n) is 4.86. The van der Waals surface area contributed by atoms with E-state index >= 15 is 0 Å². The molecule has 0 radical (unpaired) electrons. The van der Waals surface area contributed by atoms with E-state index in [9.17, 15) is 0 Å². The zero-order valence-corrected chi connectivity index (χ0v) is 11.8. The van der Waals surface area contributed by atoms with E-state index < -0.39 is 9.04 Å². The summed E-state index contributed by atoms with van der Waals surface area (Å²) in [6.45, 7) is 6.82. The summed E-state index contributed by atoms with van der Waals surface area (Å²) in [5, 5.41) is 0. The van der Waals surface area contributed by atoms with Gasteiger partial charge in [-0.3, -0.25) is 0 Å². The third kappa shape index (κ3) is 4.87. The van der Waals surface area contributed by atoms with Crippen LogP contribution in [0, 0.1) is 0 Å². The molecule has 0 aromatic heterocycles. The largest absolute Gasteiger partial charge is 0.550 e. The van der Waals surface area contributed by atoms with Crippen LogP contribution < -0.4 is 0 Å². The first-order chi connectivity index (χ1) is 7.24. The van der Waals surface area contributed by atoms with E-state index in [1.54, 1.807) is 5.57 Å². The van der Waals surface area contributed by atoms with Gasteiger partial charge in [0, 0.05) is 6.42 Å². The number of hydrogen-bond acceptors (Lipinski definition) is 1. The lowest BCUT2D eigenvalue weighted by molar-refractivity contribution is 0.403. The molecular formula is C13H26OSi. The quantitative estimate of drug-likeness (QED) is 0.632. The first kappa shape index (κ1) is 12.8. The van der Waals surface area contributed by atoms with Crippen molar-refractivity contribution in [2.24, 2.45) is 0 Å². The first-order valence-corrected chi connectivity index (χ1v) is 9.39. The predicted octanol–water partition coefficient (Wildman–Crippen LogP) is 4.39. The molecule has 0 spiro atoms. The molecule has 88 valence electrons. The maximum Gasteiger partial charge on any atom is 0.229 e. The molecule has 0 aromatic carbocycles. The maximum atomic E-state index is 6.10. The van der Waals surface area contributed by atoms with Gasteiger partial charge in [-0.05, 0) is 50.8 Å². The summed E-state index contributed by atoms with van der Waals surface area (Å²) in [4.78, 5) is 0. The highest BCUT2D eigenvalue weighted by Crippen LogP contribution is 2.28. The minimum atomic E-state index is -0.894. The molecule has 0 aliphatic heterocycles. The van der Waals surface area contributed by atoms with Crippen molar-refractivity contribution >= 4 is 9.04 Å². The third-order valence-corrected chi connectivity index (χ3v) is 3.74. The van der Waals surface area contributed by atoms with E-state index in [-0.39, 0.29) is 0 Å². The van der Waals surface area contributed by atoms with Gasteiger partial charge in [0.2, 0.25) is 9.04 Å². The van der Waals surface area contributed by atoms with Gasteiger partial charge in [-0.25, -0.2) is 0 Å². The van der Waals surface area contributed by atoms with Crippen LogP contribution in [0.5, 0.6) is 0 Å². The first-order valence-electron chi connectivity index (χ1n) is 6.61. The number of rotatable bonds is 5. The van der Waals surface area contributed by atoms with E-state index in [4.69, 9.17) is 4.43 Å². The molecule has 0 saturated carbocycles. The molecule has 0 heterocycles. The summed E-state index contributed by atoms with van der Waals surface area (Å²) in [5.74, 6) is 1.39. The van der Waals surface area contributed by atoms with Crippen LogP contribution in [-0.4, -0.2) is 9.04 Å². The molecule has 1 rings (SSSR count). The standard InChI is InChI=1S/C13H26OSi/c1-4-5-9-12-10-7-6-8-11-13(12)14-15(2)3/h15H,4-11H2,1-3H3. The summed E-state index contributed by atoms with van der Waals surface area (Å²) in [6, 6.07) is 0. The lowest BCUT2D eigenvalue weighted by atomic mass is 10.0. The Bertz CT molecular complexity index is 209. The van der Waals surface area contributed by atoms with Crippen LogP contribution in [0.2, 0.25) is 13.1 Å². The molecule has 1 aliphatic rings. The fraction of sp³-hybridized carbons (Fsp3) is 0.846. The van der Waals surface area contributed by atoms with E-state index in [1.165, 1.54) is 57.1 Å². The monoisotopic (exact) mass is 226 g/mol. The van der Waals surface area contributed by atoms with Crippen molar-refractivity contribution in [1.29, 1.82) is 0 Å². The summed E-state index contributed by atoms with van der Waals surface area (Å²) >= 11 is 0. The van der Waals surface area contributed by atoms with Crippen molar-refractivity contribution in [2.75, 3.05) is 0 Å². The van der Waals surface area contributed by atoms with Crippen molar-refractivity contribution in [2.45, 2.75) is 71.4 Å². The predicted molar refractivity (Wildman–Crippen MR) is 69.6 cm³/mol. The van der Waals surface area contributed by atoms with Crippen LogP contribution in [0.15, 0.2) is 11.3 Å². The fourth-order valence-corrected chi connectivity index (χ4v) is 3.05. The van der Waals surface area contributed by atoms with Gasteiger partial charge in [0.15, 0.2) is 0 Å². The molecular weight excluding hydrogens is 200 g/mol. The molecule has 0 fully saturated rings. The van der Waals surface area contributed by atoms with Gasteiger partial charge >= 0.3 is 0 Å². The van der Waals surface area contributed by atoms with E-state index in [1.807, 2.05) is 0 Å². The Balaban J connectivity index is 2.61. The third-order valence-electron chi connectivity index (χ3n) is 2.99. The van der Waals surface area contributed by atoms with E-state index in [0.29, 0.717) is 0 Å². The van der Waals surface area contributed by atoms with Crippen LogP contribution in [-0.2, 0) is 4.43 Å². The Kier molecular flexibility index (Phi) is 6.07. The second kappa shape index (κ2) is 7.10. The zero-order chi connectivity index (χ0) is 11.1. The van der Waals surface area contributed by atoms with Crippen molar-refractivity contribution in [3.63, 3.8) is 0 Å². The second-order valence-corrected chi connectivity index (χ2v) is 7.19. The zero-order valence-electron chi connectivity index (χ0n) is 10.6. The van der Waals surface area contributed by atoms with E-state index in [2.05, 4.69) is 20.0 Å². The van der Waals surface area contributed by atoms with Crippen LogP contribution in [0.3, 0.4) is 0 Å². The molecule has 0 unspecified atom stereocenters. The minimum Gasteiger partial charge on any atom is -0.550 e. The van der Waals surface area contributed by atoms with Gasteiger partial charge in [-0.15, -0.1) is 0 Å². The van der Waals surface area contributed by atoms with Gasteiger partial charge in [-0.1, -0.05) is 19.8 Å². The number of allylic oxidation sites excluding steroid dienone is 2. The minimum absolute atomic E-state index is 0.894. The summed E-state index contributed by atoms with van der Waals surface area (Å²) in [7, 11) is -0.894. The SMILES string of the molecule is CCCCC1=C(O[SiH](C)C)CCCCC1. The van der Waals surface area contributed by atoms with Gasteiger partial charge in [0.25, 0.3) is 0 Å². The van der Waals surface area contributed by atoms with Gasteiger partial charge in [-0.2, -0.15) is 0 Å². The molecule has 0 atom stereocenters. The Morgan fingerprint density at radius 3 is 2.53 bits per heavy atom. The molecule has 0 bridgehead atoms. The Hall–Kier alpha value is -0.243. The molecule has 0 N–H and O–H groups in total. The molecule has 0 aromatic rings. The van der Waals surface area contributed by atoms with Crippen LogP contribution >= 0.6 is 0 Å². The van der Waals surface area contributed by atoms with Gasteiger partial charge < -0.3 is 4.43 Å². The lowest BCUT2D eigenvalue weighted by Crippen LogP contribution is -2.09. The van der Waals surface area contributed by atoms with Crippen molar-refractivity contribution in [3.05, 3.63) is 11.3 Å². The maximum absolute atomic E-state index is 6.10. The Morgan fingerprint density at radius 1 is 1.13 bits per heavy atom. The number of hydrogen-bond donors (Lipinski definition) is 0. The van der Waals surface area contributed by atoms with Crippen molar-refractivity contribution < 1.29 is 4.43 Å². The highest BCUT2D eigenvalue weighted by molar-refractivity contribution is 6.48. The summed E-state index contributed by atoms with van der Waals surface area (Å²) in [6.07, 6.45) is 10.5. The topological polar surface area (TPSA) is 9.23 Å². The average molecular weight is 226 g/mol. The molecule has 1 aliphatic carbocycles. The Morgan fingerprint density at radius 2 is 1.87 bits per heavy atom. The lowest BCUT2D eigenvalue weighted by Gasteiger charge is -2.17.